The molecule has 0 bridgehead atoms. The number of ether oxygens (including phenoxy) is 1. The summed E-state index contributed by atoms with van der Waals surface area (Å²) in [4.78, 5) is 34.3. The van der Waals surface area contributed by atoms with Gasteiger partial charge in [-0.2, -0.15) is 0 Å². The van der Waals surface area contributed by atoms with Crippen molar-refractivity contribution in [3.63, 3.8) is 0 Å². The highest BCUT2D eigenvalue weighted by molar-refractivity contribution is 5.95. The van der Waals surface area contributed by atoms with Crippen LogP contribution >= 0.6 is 0 Å². The number of amides is 2. The predicted octanol–water partition coefficient (Wildman–Crippen LogP) is 3.72. The number of pyridine rings is 1. The highest BCUT2D eigenvalue weighted by Gasteiger charge is 2.19. The third-order valence-electron chi connectivity index (χ3n) is 6.41. The molecule has 0 spiro atoms. The minimum atomic E-state index is -0.209. The van der Waals surface area contributed by atoms with Crippen LogP contribution in [0.3, 0.4) is 0 Å². The van der Waals surface area contributed by atoms with Gasteiger partial charge in [0.25, 0.3) is 0 Å². The van der Waals surface area contributed by atoms with Gasteiger partial charge < -0.3 is 19.9 Å². The summed E-state index contributed by atoms with van der Waals surface area (Å²) in [7, 11) is 0. The van der Waals surface area contributed by atoms with E-state index in [0.29, 0.717) is 6.54 Å². The first-order chi connectivity index (χ1) is 16.5. The first kappa shape index (κ1) is 23.7. The fraction of sp³-hybridized carbons (Fsp3) is 0.370. The molecular weight excluding hydrogens is 428 g/mol. The van der Waals surface area contributed by atoms with Crippen molar-refractivity contribution < 1.29 is 14.3 Å². The summed E-state index contributed by atoms with van der Waals surface area (Å²) < 4.78 is 5.40. The molecule has 34 heavy (non-hydrogen) atoms. The molecule has 7 heteroatoms. The molecule has 0 atom stereocenters. The summed E-state index contributed by atoms with van der Waals surface area (Å²) in [5, 5.41) is 3.97. The number of likely N-dealkylation sites (N-methyl/N-ethyl adjacent to an activating group) is 1. The average Bonchev–Trinajstić information content (AvgIpc) is 2.86. The second kappa shape index (κ2) is 10.7. The second-order valence-electron chi connectivity index (χ2n) is 8.60. The largest absolute Gasteiger partial charge is 0.378 e. The van der Waals surface area contributed by atoms with Gasteiger partial charge in [-0.25, -0.2) is 0 Å². The van der Waals surface area contributed by atoms with E-state index in [1.807, 2.05) is 69.3 Å². The fourth-order valence-corrected chi connectivity index (χ4v) is 4.42. The Labute approximate surface area is 200 Å². The summed E-state index contributed by atoms with van der Waals surface area (Å²) >= 11 is 0. The highest BCUT2D eigenvalue weighted by atomic mass is 16.5. The van der Waals surface area contributed by atoms with Gasteiger partial charge in [-0.1, -0.05) is 18.2 Å². The monoisotopic (exact) mass is 460 g/mol. The van der Waals surface area contributed by atoms with Gasteiger partial charge >= 0.3 is 0 Å². The van der Waals surface area contributed by atoms with Crippen molar-refractivity contribution in [1.29, 1.82) is 0 Å². The molecule has 3 aromatic rings. The number of aryl methyl sites for hydroxylation is 2. The fourth-order valence-electron chi connectivity index (χ4n) is 4.42. The minimum absolute atomic E-state index is 0.0135. The molecule has 2 amide bonds. The van der Waals surface area contributed by atoms with Crippen molar-refractivity contribution in [3.8, 4) is 0 Å². The number of hydrogen-bond donors (Lipinski definition) is 1. The van der Waals surface area contributed by atoms with E-state index in [2.05, 4.69) is 15.2 Å². The zero-order valence-corrected chi connectivity index (χ0v) is 20.1. The number of fused-ring (bicyclic) bond motifs is 1. The van der Waals surface area contributed by atoms with Crippen LogP contribution in [-0.2, 0) is 20.7 Å². The van der Waals surface area contributed by atoms with Crippen LogP contribution < -0.4 is 10.2 Å². The number of benzene rings is 2. The summed E-state index contributed by atoms with van der Waals surface area (Å²) in [6, 6.07) is 15.8. The Kier molecular flexibility index (Phi) is 7.43. The number of nitrogens with zero attached hydrogens (tertiary/aromatic N) is 3. The third-order valence-corrected chi connectivity index (χ3v) is 6.41. The van der Waals surface area contributed by atoms with Gasteiger partial charge in [-0.05, 0) is 62.2 Å². The number of anilines is 2. The molecule has 178 valence electrons. The standard InChI is InChI=1S/C27H32N4O3/c1-4-30(27(33)17-24-19(2)23-7-5-6-8-25(23)28-20(24)3)18-26(32)29-21-9-11-22(12-10-21)31-13-15-34-16-14-31/h5-12H,4,13-18H2,1-3H3,(H,29,32). The molecule has 2 aromatic carbocycles. The maximum absolute atomic E-state index is 13.1. The van der Waals surface area contributed by atoms with Crippen LogP contribution in [0.25, 0.3) is 10.9 Å². The van der Waals surface area contributed by atoms with Crippen LogP contribution in [0.15, 0.2) is 48.5 Å². The number of para-hydroxylation sites is 1. The molecule has 7 nitrogen and oxygen atoms in total. The molecule has 1 N–H and O–H groups in total. The molecule has 1 saturated heterocycles. The van der Waals surface area contributed by atoms with Gasteiger partial charge in [0.2, 0.25) is 11.8 Å². The molecule has 2 heterocycles. The summed E-state index contributed by atoms with van der Waals surface area (Å²) in [5.41, 5.74) is 5.61. The van der Waals surface area contributed by atoms with Gasteiger partial charge in [0, 0.05) is 42.1 Å². The van der Waals surface area contributed by atoms with E-state index in [1.54, 1.807) is 4.90 Å². The highest BCUT2D eigenvalue weighted by Crippen LogP contribution is 2.23. The third kappa shape index (κ3) is 5.37. The lowest BCUT2D eigenvalue weighted by Crippen LogP contribution is -2.39. The Morgan fingerprint density at radius 2 is 1.76 bits per heavy atom. The van der Waals surface area contributed by atoms with Crippen LogP contribution in [-0.4, -0.2) is 61.1 Å². The van der Waals surface area contributed by atoms with Gasteiger partial charge in [0.05, 0.1) is 31.7 Å². The molecule has 1 aromatic heterocycles. The van der Waals surface area contributed by atoms with E-state index in [1.165, 1.54) is 0 Å². The van der Waals surface area contributed by atoms with Crippen molar-refractivity contribution >= 4 is 34.1 Å². The zero-order valence-electron chi connectivity index (χ0n) is 20.1. The number of hydrogen-bond acceptors (Lipinski definition) is 5. The van der Waals surface area contributed by atoms with Crippen LogP contribution in [0.2, 0.25) is 0 Å². The van der Waals surface area contributed by atoms with Gasteiger partial charge in [-0.15, -0.1) is 0 Å². The molecular formula is C27H32N4O3. The topological polar surface area (TPSA) is 74.8 Å². The molecule has 4 rings (SSSR count). The summed E-state index contributed by atoms with van der Waals surface area (Å²) in [6.45, 7) is 9.52. The molecule has 1 fully saturated rings. The Balaban J connectivity index is 1.38. The van der Waals surface area contributed by atoms with E-state index < -0.39 is 0 Å². The maximum Gasteiger partial charge on any atom is 0.243 e. The normalized spacial score (nSPS) is 13.7. The number of aromatic nitrogens is 1. The van der Waals surface area contributed by atoms with Crippen LogP contribution in [0, 0.1) is 13.8 Å². The minimum Gasteiger partial charge on any atom is -0.378 e. The Morgan fingerprint density at radius 3 is 2.47 bits per heavy atom. The van der Waals surface area contributed by atoms with Crippen molar-refractivity contribution in [2.24, 2.45) is 0 Å². The number of carbonyl (C=O) groups excluding carboxylic acids is 2. The van der Waals surface area contributed by atoms with E-state index in [0.717, 1.165) is 65.4 Å². The van der Waals surface area contributed by atoms with Crippen molar-refractivity contribution in [2.75, 3.05) is 49.6 Å². The number of nitrogens with one attached hydrogen (secondary N) is 1. The SMILES string of the molecule is CCN(CC(=O)Nc1ccc(N2CCOCC2)cc1)C(=O)Cc1c(C)nc2ccccc2c1C. The van der Waals surface area contributed by atoms with Gasteiger partial charge in [0.1, 0.15) is 0 Å². The smallest absolute Gasteiger partial charge is 0.243 e. The quantitative estimate of drug-likeness (QED) is 0.582. The summed E-state index contributed by atoms with van der Waals surface area (Å²) in [6.07, 6.45) is 0.227. The predicted molar refractivity (Wildman–Crippen MR) is 135 cm³/mol. The molecule has 0 aliphatic carbocycles. The lowest BCUT2D eigenvalue weighted by molar-refractivity contribution is -0.133. The maximum atomic E-state index is 13.1. The summed E-state index contributed by atoms with van der Waals surface area (Å²) in [5.74, 6) is -0.289. The van der Waals surface area contributed by atoms with Crippen LogP contribution in [0.5, 0.6) is 0 Å². The average molecular weight is 461 g/mol. The molecule has 1 aliphatic rings. The number of rotatable bonds is 7. The molecule has 0 saturated carbocycles. The van der Waals surface area contributed by atoms with Gasteiger partial charge in [0.15, 0.2) is 0 Å². The van der Waals surface area contributed by atoms with E-state index in [9.17, 15) is 9.59 Å². The van der Waals surface area contributed by atoms with Gasteiger partial charge in [-0.3, -0.25) is 14.6 Å². The van der Waals surface area contributed by atoms with Crippen molar-refractivity contribution in [2.45, 2.75) is 27.2 Å². The van der Waals surface area contributed by atoms with Crippen molar-refractivity contribution in [3.05, 3.63) is 65.4 Å². The first-order valence-electron chi connectivity index (χ1n) is 11.8. The Hall–Kier alpha value is -3.45. The van der Waals surface area contributed by atoms with E-state index >= 15 is 0 Å². The number of carbonyl (C=O) groups is 2. The van der Waals surface area contributed by atoms with Crippen LogP contribution in [0.1, 0.15) is 23.7 Å². The number of morpholine rings is 1. The lowest BCUT2D eigenvalue weighted by Gasteiger charge is -2.29. The first-order valence-corrected chi connectivity index (χ1v) is 11.8. The van der Waals surface area contributed by atoms with Crippen LogP contribution in [0.4, 0.5) is 11.4 Å². The Bertz CT molecular complexity index is 1170. The zero-order chi connectivity index (χ0) is 24.1. The van der Waals surface area contributed by atoms with E-state index in [4.69, 9.17) is 4.74 Å². The van der Waals surface area contributed by atoms with Crippen molar-refractivity contribution in [1.82, 2.24) is 9.88 Å². The Morgan fingerprint density at radius 1 is 1.06 bits per heavy atom. The molecule has 0 unspecified atom stereocenters. The second-order valence-corrected chi connectivity index (χ2v) is 8.60. The van der Waals surface area contributed by atoms with E-state index in [-0.39, 0.29) is 24.8 Å². The molecule has 1 aliphatic heterocycles. The lowest BCUT2D eigenvalue weighted by atomic mass is 9.99. The molecule has 0 radical (unpaired) electrons.